The molecule has 1 aliphatic rings. The standard InChI is InChI=1S/C22H21N7O2S/c1-14-11-15(2)29(25-14)19-7-8-21(31)28(26-19)13-20(30)23-17-5-3-16(4-6-17)18-12-27-9-10-32-22(27)24-18/h3-8,11-12H,9-10,13H2,1-2H3,(H,23,30). The Hall–Kier alpha value is -3.66. The molecule has 0 radical (unpaired) electrons. The summed E-state index contributed by atoms with van der Waals surface area (Å²) in [6.07, 6.45) is 2.05. The van der Waals surface area contributed by atoms with Crippen molar-refractivity contribution in [1.82, 2.24) is 29.1 Å². The first-order valence-electron chi connectivity index (χ1n) is 10.2. The molecule has 0 fully saturated rings. The molecular weight excluding hydrogens is 426 g/mol. The summed E-state index contributed by atoms with van der Waals surface area (Å²) in [5.74, 6) is 1.21. The molecule has 4 aromatic rings. The third kappa shape index (κ3) is 3.96. The number of fused-ring (bicyclic) bond motifs is 1. The van der Waals surface area contributed by atoms with E-state index in [0.29, 0.717) is 11.5 Å². The third-order valence-electron chi connectivity index (χ3n) is 5.14. The van der Waals surface area contributed by atoms with Crippen molar-refractivity contribution in [3.63, 3.8) is 0 Å². The Balaban J connectivity index is 1.29. The Morgan fingerprint density at radius 1 is 1.12 bits per heavy atom. The predicted molar refractivity (Wildman–Crippen MR) is 122 cm³/mol. The molecule has 0 bridgehead atoms. The van der Waals surface area contributed by atoms with Crippen LogP contribution in [0.1, 0.15) is 11.4 Å². The van der Waals surface area contributed by atoms with Crippen LogP contribution in [0.25, 0.3) is 17.1 Å². The second-order valence-corrected chi connectivity index (χ2v) is 8.66. The van der Waals surface area contributed by atoms with E-state index in [4.69, 9.17) is 0 Å². The molecule has 10 heteroatoms. The lowest BCUT2D eigenvalue weighted by molar-refractivity contribution is -0.117. The van der Waals surface area contributed by atoms with Crippen LogP contribution in [0, 0.1) is 13.8 Å². The maximum Gasteiger partial charge on any atom is 0.267 e. The topological polar surface area (TPSA) is 99.6 Å². The van der Waals surface area contributed by atoms with Crippen molar-refractivity contribution in [1.29, 1.82) is 0 Å². The van der Waals surface area contributed by atoms with Crippen LogP contribution < -0.4 is 10.9 Å². The van der Waals surface area contributed by atoms with E-state index >= 15 is 0 Å². The molecule has 162 valence electrons. The largest absolute Gasteiger partial charge is 0.325 e. The van der Waals surface area contributed by atoms with Crippen molar-refractivity contribution in [3.05, 3.63) is 70.4 Å². The fourth-order valence-corrected chi connectivity index (χ4v) is 4.58. The molecule has 0 saturated heterocycles. The zero-order chi connectivity index (χ0) is 22.2. The van der Waals surface area contributed by atoms with Gasteiger partial charge in [0.1, 0.15) is 6.54 Å². The highest BCUT2D eigenvalue weighted by Gasteiger charge is 2.15. The zero-order valence-electron chi connectivity index (χ0n) is 17.6. The highest BCUT2D eigenvalue weighted by Crippen LogP contribution is 2.29. The zero-order valence-corrected chi connectivity index (χ0v) is 18.5. The van der Waals surface area contributed by atoms with Crippen LogP contribution in [0.2, 0.25) is 0 Å². The highest BCUT2D eigenvalue weighted by atomic mass is 32.2. The van der Waals surface area contributed by atoms with E-state index < -0.39 is 0 Å². The molecule has 1 aromatic carbocycles. The van der Waals surface area contributed by atoms with Gasteiger partial charge in [0, 0.05) is 41.5 Å². The van der Waals surface area contributed by atoms with E-state index in [1.165, 1.54) is 6.07 Å². The Morgan fingerprint density at radius 3 is 2.66 bits per heavy atom. The van der Waals surface area contributed by atoms with Crippen molar-refractivity contribution < 1.29 is 4.79 Å². The van der Waals surface area contributed by atoms with Gasteiger partial charge in [0.05, 0.1) is 11.4 Å². The second-order valence-electron chi connectivity index (χ2n) is 7.60. The van der Waals surface area contributed by atoms with Gasteiger partial charge in [-0.15, -0.1) is 5.10 Å². The van der Waals surface area contributed by atoms with Gasteiger partial charge in [0.2, 0.25) is 5.91 Å². The predicted octanol–water partition coefficient (Wildman–Crippen LogP) is 2.65. The number of hydrogen-bond acceptors (Lipinski definition) is 6. The molecule has 0 aliphatic carbocycles. The molecule has 4 heterocycles. The summed E-state index contributed by atoms with van der Waals surface area (Å²) in [4.78, 5) is 29.4. The van der Waals surface area contributed by atoms with E-state index in [9.17, 15) is 9.59 Å². The average Bonchev–Trinajstić information content (AvgIpc) is 3.45. The molecule has 5 rings (SSSR count). The molecular formula is C22H21N7O2S. The minimum absolute atomic E-state index is 0.196. The van der Waals surface area contributed by atoms with Crippen molar-refractivity contribution in [2.45, 2.75) is 32.1 Å². The number of carbonyl (C=O) groups excluding carboxylic acids is 1. The number of carbonyl (C=O) groups is 1. The van der Waals surface area contributed by atoms with Gasteiger partial charge in [-0.2, -0.15) is 5.10 Å². The quantitative estimate of drug-likeness (QED) is 0.505. The van der Waals surface area contributed by atoms with Gasteiger partial charge in [-0.3, -0.25) is 9.59 Å². The number of amides is 1. The molecule has 0 spiro atoms. The summed E-state index contributed by atoms with van der Waals surface area (Å²) >= 11 is 1.75. The van der Waals surface area contributed by atoms with Crippen LogP contribution in [-0.4, -0.2) is 40.8 Å². The molecule has 32 heavy (non-hydrogen) atoms. The highest BCUT2D eigenvalue weighted by molar-refractivity contribution is 7.99. The Bertz CT molecular complexity index is 1350. The SMILES string of the molecule is Cc1cc(C)n(-c2ccc(=O)n(CC(=O)Nc3ccc(-c4cn5c(n4)SCC5)cc3)n2)n1. The Morgan fingerprint density at radius 2 is 1.94 bits per heavy atom. The number of thioether (sulfide) groups is 1. The van der Waals surface area contributed by atoms with Gasteiger partial charge < -0.3 is 9.88 Å². The molecule has 1 N–H and O–H groups in total. The second kappa shape index (κ2) is 8.12. The van der Waals surface area contributed by atoms with Gasteiger partial charge >= 0.3 is 0 Å². The molecule has 9 nitrogen and oxygen atoms in total. The van der Waals surface area contributed by atoms with Gasteiger partial charge in [0.25, 0.3) is 5.56 Å². The van der Waals surface area contributed by atoms with Crippen LogP contribution in [0.3, 0.4) is 0 Å². The minimum Gasteiger partial charge on any atom is -0.325 e. The third-order valence-corrected chi connectivity index (χ3v) is 6.11. The fourth-order valence-electron chi connectivity index (χ4n) is 3.63. The average molecular weight is 448 g/mol. The number of aryl methyl sites for hydroxylation is 3. The van der Waals surface area contributed by atoms with Gasteiger partial charge in [0.15, 0.2) is 11.0 Å². The van der Waals surface area contributed by atoms with E-state index in [0.717, 1.165) is 44.8 Å². The van der Waals surface area contributed by atoms with E-state index in [-0.39, 0.29) is 18.0 Å². The maximum absolute atomic E-state index is 12.6. The molecule has 0 atom stereocenters. The summed E-state index contributed by atoms with van der Waals surface area (Å²) in [6, 6.07) is 12.4. The van der Waals surface area contributed by atoms with Crippen LogP contribution in [0.4, 0.5) is 5.69 Å². The number of benzene rings is 1. The number of anilines is 1. The fraction of sp³-hybridized carbons (Fsp3) is 0.227. The van der Waals surface area contributed by atoms with E-state index in [1.807, 2.05) is 44.2 Å². The number of rotatable bonds is 5. The number of nitrogens with one attached hydrogen (secondary N) is 1. The van der Waals surface area contributed by atoms with Crippen molar-refractivity contribution in [3.8, 4) is 17.1 Å². The van der Waals surface area contributed by atoms with Crippen LogP contribution >= 0.6 is 11.8 Å². The summed E-state index contributed by atoms with van der Waals surface area (Å²) in [5.41, 5.74) is 3.94. The lowest BCUT2D eigenvalue weighted by atomic mass is 10.1. The maximum atomic E-state index is 12.6. The molecule has 0 saturated carbocycles. The van der Waals surface area contributed by atoms with Crippen LogP contribution in [0.5, 0.6) is 0 Å². The monoisotopic (exact) mass is 447 g/mol. The van der Waals surface area contributed by atoms with Crippen molar-refractivity contribution in [2.24, 2.45) is 0 Å². The summed E-state index contributed by atoms with van der Waals surface area (Å²) < 4.78 is 4.94. The smallest absolute Gasteiger partial charge is 0.267 e. The van der Waals surface area contributed by atoms with E-state index in [1.54, 1.807) is 22.5 Å². The lowest BCUT2D eigenvalue weighted by Gasteiger charge is -2.09. The van der Waals surface area contributed by atoms with Gasteiger partial charge in [-0.1, -0.05) is 23.9 Å². The van der Waals surface area contributed by atoms with Crippen LogP contribution in [0.15, 0.2) is 58.6 Å². The van der Waals surface area contributed by atoms with Gasteiger partial charge in [-0.05, 0) is 38.1 Å². The molecule has 3 aromatic heterocycles. The molecule has 1 aliphatic heterocycles. The first kappa shape index (κ1) is 20.3. The van der Waals surface area contributed by atoms with Crippen LogP contribution in [-0.2, 0) is 17.9 Å². The van der Waals surface area contributed by atoms with E-state index in [2.05, 4.69) is 31.3 Å². The normalized spacial score (nSPS) is 12.7. The number of nitrogens with zero attached hydrogens (tertiary/aromatic N) is 6. The number of hydrogen-bond donors (Lipinski definition) is 1. The lowest BCUT2D eigenvalue weighted by Crippen LogP contribution is -2.30. The first-order valence-corrected chi connectivity index (χ1v) is 11.2. The van der Waals surface area contributed by atoms with Gasteiger partial charge in [-0.25, -0.2) is 14.3 Å². The Kier molecular flexibility index (Phi) is 5.14. The Labute approximate surface area is 188 Å². The summed E-state index contributed by atoms with van der Waals surface area (Å²) in [5, 5.41) is 12.5. The molecule has 1 amide bonds. The summed E-state index contributed by atoms with van der Waals surface area (Å²) in [7, 11) is 0. The van der Waals surface area contributed by atoms with Crippen molar-refractivity contribution >= 4 is 23.4 Å². The minimum atomic E-state index is -0.355. The number of aromatic nitrogens is 6. The van der Waals surface area contributed by atoms with Crippen molar-refractivity contribution in [2.75, 3.05) is 11.1 Å². The molecule has 0 unspecified atom stereocenters. The first-order chi connectivity index (χ1) is 15.5. The number of imidazole rings is 1. The summed E-state index contributed by atoms with van der Waals surface area (Å²) in [6.45, 7) is 4.58.